The van der Waals surface area contributed by atoms with E-state index < -0.39 is 0 Å². The number of aromatic nitrogens is 2. The summed E-state index contributed by atoms with van der Waals surface area (Å²) in [6.45, 7) is 2.16. The Morgan fingerprint density at radius 1 is 0.833 bits per heavy atom. The predicted molar refractivity (Wildman–Crippen MR) is 103 cm³/mol. The van der Waals surface area contributed by atoms with Crippen molar-refractivity contribution in [3.05, 3.63) is 72.4 Å². The van der Waals surface area contributed by atoms with Crippen LogP contribution in [0.15, 0.2) is 66.9 Å². The van der Waals surface area contributed by atoms with Gasteiger partial charge in [0, 0.05) is 22.5 Å². The van der Waals surface area contributed by atoms with E-state index in [1.807, 2.05) is 12.3 Å². The van der Waals surface area contributed by atoms with E-state index in [-0.39, 0.29) is 0 Å². The molecule has 24 heavy (non-hydrogen) atoms. The number of hydrogen-bond donors (Lipinski definition) is 0. The summed E-state index contributed by atoms with van der Waals surface area (Å²) in [6.07, 6.45) is 1.84. The van der Waals surface area contributed by atoms with E-state index in [1.165, 1.54) is 27.1 Å². The second-order valence-electron chi connectivity index (χ2n) is 6.02. The molecule has 0 aliphatic carbocycles. The van der Waals surface area contributed by atoms with Gasteiger partial charge in [0.1, 0.15) is 9.66 Å². The number of pyridine rings is 2. The van der Waals surface area contributed by atoms with Crippen LogP contribution in [0.5, 0.6) is 0 Å². The summed E-state index contributed by atoms with van der Waals surface area (Å²) < 4.78 is 0. The molecule has 0 bridgehead atoms. The highest BCUT2D eigenvalue weighted by Crippen LogP contribution is 2.35. The number of thiophene rings is 1. The van der Waals surface area contributed by atoms with Crippen LogP contribution in [0.25, 0.3) is 42.5 Å². The maximum absolute atomic E-state index is 4.93. The number of nitrogens with zero attached hydrogens (tertiary/aromatic N) is 2. The Morgan fingerprint density at radius 2 is 1.71 bits per heavy atom. The summed E-state index contributed by atoms with van der Waals surface area (Å²) in [5.41, 5.74) is 3.43. The van der Waals surface area contributed by atoms with E-state index >= 15 is 0 Å². The van der Waals surface area contributed by atoms with Gasteiger partial charge in [0.2, 0.25) is 0 Å². The van der Waals surface area contributed by atoms with Gasteiger partial charge in [0.25, 0.3) is 0 Å². The van der Waals surface area contributed by atoms with Crippen molar-refractivity contribution >= 4 is 42.5 Å². The van der Waals surface area contributed by atoms with Gasteiger partial charge < -0.3 is 0 Å². The molecular formula is C21H14N2S. The van der Waals surface area contributed by atoms with E-state index in [0.717, 1.165) is 20.9 Å². The van der Waals surface area contributed by atoms with Gasteiger partial charge >= 0.3 is 0 Å². The Kier molecular flexibility index (Phi) is 2.91. The lowest BCUT2D eigenvalue weighted by Gasteiger charge is -2.06. The van der Waals surface area contributed by atoms with Crippen molar-refractivity contribution in [2.24, 2.45) is 0 Å². The highest BCUT2D eigenvalue weighted by atomic mass is 32.1. The van der Waals surface area contributed by atoms with Crippen LogP contribution in [0.4, 0.5) is 0 Å². The molecular weight excluding hydrogens is 312 g/mol. The Labute approximate surface area is 143 Å². The molecule has 3 heteroatoms. The second kappa shape index (κ2) is 5.11. The number of hydrogen-bond acceptors (Lipinski definition) is 3. The van der Waals surface area contributed by atoms with Crippen LogP contribution in [-0.4, -0.2) is 9.97 Å². The van der Waals surface area contributed by atoms with Crippen LogP contribution in [0.3, 0.4) is 0 Å². The zero-order valence-corrected chi connectivity index (χ0v) is 14.0. The minimum absolute atomic E-state index is 1.03. The van der Waals surface area contributed by atoms with E-state index in [4.69, 9.17) is 4.98 Å². The predicted octanol–water partition coefficient (Wildman–Crippen LogP) is 5.97. The minimum atomic E-state index is 1.03. The fourth-order valence-corrected chi connectivity index (χ4v) is 4.39. The quantitative estimate of drug-likeness (QED) is 0.379. The molecule has 0 fully saturated rings. The zero-order chi connectivity index (χ0) is 16.1. The molecule has 0 N–H and O–H groups in total. The fraction of sp³-hybridized carbons (Fsp3) is 0.0476. The van der Waals surface area contributed by atoms with Gasteiger partial charge in [-0.3, -0.25) is 0 Å². The van der Waals surface area contributed by atoms with Crippen LogP contribution < -0.4 is 0 Å². The summed E-state index contributed by atoms with van der Waals surface area (Å²) in [7, 11) is 0. The SMILES string of the molecule is Cc1cc(-c2ccc3ccccc3c2)nc2sc3ncccc3c12. The van der Waals surface area contributed by atoms with Crippen LogP contribution in [0.2, 0.25) is 0 Å². The molecule has 2 aromatic carbocycles. The first-order valence-electron chi connectivity index (χ1n) is 7.94. The lowest BCUT2D eigenvalue weighted by atomic mass is 10.0. The maximum Gasteiger partial charge on any atom is 0.126 e. The van der Waals surface area contributed by atoms with Crippen molar-refractivity contribution in [2.75, 3.05) is 0 Å². The molecule has 114 valence electrons. The normalized spacial score (nSPS) is 11.5. The highest BCUT2D eigenvalue weighted by Gasteiger charge is 2.12. The first-order valence-corrected chi connectivity index (χ1v) is 8.75. The Hall–Kier alpha value is -2.78. The van der Waals surface area contributed by atoms with Crippen LogP contribution >= 0.6 is 11.3 Å². The van der Waals surface area contributed by atoms with Gasteiger partial charge in [-0.25, -0.2) is 9.97 Å². The van der Waals surface area contributed by atoms with Crippen LogP contribution in [0.1, 0.15) is 5.56 Å². The molecule has 0 aliphatic heterocycles. The third-order valence-electron chi connectivity index (χ3n) is 4.46. The van der Waals surface area contributed by atoms with E-state index in [2.05, 4.69) is 66.5 Å². The molecule has 3 heterocycles. The first kappa shape index (κ1) is 13.6. The highest BCUT2D eigenvalue weighted by molar-refractivity contribution is 7.25. The van der Waals surface area contributed by atoms with Crippen LogP contribution in [0, 0.1) is 6.92 Å². The molecule has 0 saturated heterocycles. The maximum atomic E-state index is 4.93. The molecule has 0 saturated carbocycles. The summed E-state index contributed by atoms with van der Waals surface area (Å²) in [5.74, 6) is 0. The molecule has 2 nitrogen and oxygen atoms in total. The van der Waals surface area contributed by atoms with E-state index in [0.29, 0.717) is 0 Å². The molecule has 5 rings (SSSR count). The monoisotopic (exact) mass is 326 g/mol. The minimum Gasteiger partial charge on any atom is -0.245 e. The van der Waals surface area contributed by atoms with Crippen molar-refractivity contribution in [3.8, 4) is 11.3 Å². The summed E-state index contributed by atoms with van der Waals surface area (Å²) in [6, 6.07) is 21.3. The van der Waals surface area contributed by atoms with Crippen molar-refractivity contribution in [3.63, 3.8) is 0 Å². The molecule has 0 unspecified atom stereocenters. The molecule has 5 aromatic rings. The first-order chi connectivity index (χ1) is 11.8. The summed E-state index contributed by atoms with van der Waals surface area (Å²) in [4.78, 5) is 11.5. The fourth-order valence-electron chi connectivity index (χ4n) is 3.30. The van der Waals surface area contributed by atoms with Crippen LogP contribution in [-0.2, 0) is 0 Å². The largest absolute Gasteiger partial charge is 0.245 e. The molecule has 0 atom stereocenters. The topological polar surface area (TPSA) is 25.8 Å². The second-order valence-corrected chi connectivity index (χ2v) is 7.00. The van der Waals surface area contributed by atoms with Gasteiger partial charge in [-0.1, -0.05) is 47.7 Å². The molecule has 0 radical (unpaired) electrons. The van der Waals surface area contributed by atoms with Gasteiger partial charge in [-0.15, -0.1) is 0 Å². The summed E-state index contributed by atoms with van der Waals surface area (Å²) in [5, 5.41) is 4.93. The summed E-state index contributed by atoms with van der Waals surface area (Å²) >= 11 is 1.67. The van der Waals surface area contributed by atoms with Crippen molar-refractivity contribution < 1.29 is 0 Å². The third kappa shape index (κ3) is 2.02. The zero-order valence-electron chi connectivity index (χ0n) is 13.2. The van der Waals surface area contributed by atoms with E-state index in [9.17, 15) is 0 Å². The van der Waals surface area contributed by atoms with Crippen molar-refractivity contribution in [1.82, 2.24) is 9.97 Å². The van der Waals surface area contributed by atoms with Crippen molar-refractivity contribution in [2.45, 2.75) is 6.92 Å². The molecule has 0 amide bonds. The molecule has 0 aliphatic rings. The Balaban J connectivity index is 1.78. The number of aryl methyl sites for hydroxylation is 1. The molecule has 3 aromatic heterocycles. The third-order valence-corrected chi connectivity index (χ3v) is 5.47. The average molecular weight is 326 g/mol. The lowest BCUT2D eigenvalue weighted by molar-refractivity contribution is 1.39. The molecule has 0 spiro atoms. The lowest BCUT2D eigenvalue weighted by Crippen LogP contribution is -1.86. The number of rotatable bonds is 1. The van der Waals surface area contributed by atoms with Gasteiger partial charge in [0.05, 0.1) is 5.69 Å². The Morgan fingerprint density at radius 3 is 2.62 bits per heavy atom. The van der Waals surface area contributed by atoms with Crippen molar-refractivity contribution in [1.29, 1.82) is 0 Å². The number of benzene rings is 2. The Bertz CT molecular complexity index is 1220. The van der Waals surface area contributed by atoms with Gasteiger partial charge in [-0.05, 0) is 47.5 Å². The number of fused-ring (bicyclic) bond motifs is 4. The smallest absolute Gasteiger partial charge is 0.126 e. The van der Waals surface area contributed by atoms with E-state index in [1.54, 1.807) is 11.3 Å². The standard InChI is InChI=1S/C21H14N2S/c1-13-11-18(16-9-8-14-5-2-3-6-15(14)12-16)23-21-19(13)17-7-4-10-22-20(17)24-21/h2-12H,1H3. The van der Waals surface area contributed by atoms with Gasteiger partial charge in [-0.2, -0.15) is 0 Å². The average Bonchev–Trinajstić information content (AvgIpc) is 3.00. The van der Waals surface area contributed by atoms with Gasteiger partial charge in [0.15, 0.2) is 0 Å².